The molecule has 33 heavy (non-hydrogen) atoms. The maximum absolute atomic E-state index is 13.4. The number of rotatable bonds is 8. The summed E-state index contributed by atoms with van der Waals surface area (Å²) in [5.74, 6) is 5.60. The molecule has 0 radical (unpaired) electrons. The van der Waals surface area contributed by atoms with Gasteiger partial charge in [0.1, 0.15) is 0 Å². The minimum absolute atomic E-state index is 0.122. The minimum atomic E-state index is -3.85. The van der Waals surface area contributed by atoms with Gasteiger partial charge in [0.15, 0.2) is 0 Å². The summed E-state index contributed by atoms with van der Waals surface area (Å²) >= 11 is 0. The number of nitrogens with zero attached hydrogens (tertiary/aromatic N) is 1. The van der Waals surface area contributed by atoms with Crippen LogP contribution in [-0.4, -0.2) is 25.1 Å². The molecule has 0 unspecified atom stereocenters. The maximum Gasteiger partial charge on any atom is 0.263 e. The first kappa shape index (κ1) is 24.0. The molecular formula is C28H27NO3S. The number of benzene rings is 3. The van der Waals surface area contributed by atoms with Crippen LogP contribution >= 0.6 is 0 Å². The van der Waals surface area contributed by atoms with Crippen molar-refractivity contribution in [3.8, 4) is 11.8 Å². The predicted molar refractivity (Wildman–Crippen MR) is 132 cm³/mol. The second kappa shape index (κ2) is 11.3. The van der Waals surface area contributed by atoms with E-state index < -0.39 is 10.0 Å². The largest absolute Gasteiger partial charge is 0.288 e. The summed E-state index contributed by atoms with van der Waals surface area (Å²) in [5, 5.41) is 0. The third kappa shape index (κ3) is 6.44. The topological polar surface area (TPSA) is 54.5 Å². The van der Waals surface area contributed by atoms with E-state index in [-0.39, 0.29) is 22.8 Å². The van der Waals surface area contributed by atoms with Crippen LogP contribution in [0.5, 0.6) is 0 Å². The Morgan fingerprint density at radius 3 is 2.12 bits per heavy atom. The molecule has 3 aromatic carbocycles. The van der Waals surface area contributed by atoms with E-state index in [1.54, 1.807) is 48.5 Å². The summed E-state index contributed by atoms with van der Waals surface area (Å²) in [4.78, 5) is 13.5. The highest BCUT2D eigenvalue weighted by atomic mass is 32.2. The van der Waals surface area contributed by atoms with Crippen molar-refractivity contribution in [1.82, 2.24) is 4.31 Å². The summed E-state index contributed by atoms with van der Waals surface area (Å²) in [5.41, 5.74) is 2.29. The number of carbonyl (C=O) groups excluding carboxylic acids is 1. The van der Waals surface area contributed by atoms with Crippen LogP contribution in [-0.2, 0) is 10.0 Å². The molecule has 5 heteroatoms. The van der Waals surface area contributed by atoms with E-state index in [0.29, 0.717) is 12.0 Å². The van der Waals surface area contributed by atoms with Gasteiger partial charge < -0.3 is 0 Å². The quantitative estimate of drug-likeness (QED) is 0.251. The molecule has 4 nitrogen and oxygen atoms in total. The lowest BCUT2D eigenvalue weighted by atomic mass is 10.0. The number of allylic oxidation sites excluding steroid dienone is 1. The standard InChI is InChI=1S/C28H27NO3S/c1-3-4-21-29(33(31,32)27-19-15-23(2)16-20-27)22-26(18-17-24-11-7-5-8-12-24)28(30)25-13-9-6-10-14-25/h5-16,19-20,22H,3-4,21H2,1-2H3/b26-22+. The van der Waals surface area contributed by atoms with Gasteiger partial charge in [0.25, 0.3) is 10.0 Å². The third-order valence-electron chi connectivity index (χ3n) is 5.03. The molecule has 0 saturated heterocycles. The van der Waals surface area contributed by atoms with Gasteiger partial charge in [-0.25, -0.2) is 8.42 Å². The van der Waals surface area contributed by atoms with Crippen molar-refractivity contribution >= 4 is 15.8 Å². The molecule has 0 heterocycles. The van der Waals surface area contributed by atoms with Gasteiger partial charge in [-0.1, -0.05) is 91.4 Å². The Kier molecular flexibility index (Phi) is 8.23. The Morgan fingerprint density at radius 1 is 0.909 bits per heavy atom. The highest BCUT2D eigenvalue weighted by Gasteiger charge is 2.23. The summed E-state index contributed by atoms with van der Waals surface area (Å²) in [6, 6.07) is 24.8. The molecule has 3 aromatic rings. The molecule has 0 aliphatic heterocycles. The van der Waals surface area contributed by atoms with Gasteiger partial charge >= 0.3 is 0 Å². The number of sulfonamides is 1. The average Bonchev–Trinajstić information content (AvgIpc) is 2.84. The highest BCUT2D eigenvalue weighted by molar-refractivity contribution is 7.89. The molecule has 0 aliphatic rings. The minimum Gasteiger partial charge on any atom is -0.288 e. The van der Waals surface area contributed by atoms with Crippen LogP contribution in [0.3, 0.4) is 0 Å². The lowest BCUT2D eigenvalue weighted by Gasteiger charge is -2.21. The molecule has 0 spiro atoms. The summed E-state index contributed by atoms with van der Waals surface area (Å²) in [7, 11) is -3.85. The smallest absolute Gasteiger partial charge is 0.263 e. The Balaban J connectivity index is 2.10. The van der Waals surface area contributed by atoms with Gasteiger partial charge in [0, 0.05) is 23.9 Å². The van der Waals surface area contributed by atoms with Crippen molar-refractivity contribution in [1.29, 1.82) is 0 Å². The molecule has 0 amide bonds. The lowest BCUT2D eigenvalue weighted by Crippen LogP contribution is -2.28. The zero-order chi connectivity index (χ0) is 23.7. The number of unbranched alkanes of at least 4 members (excludes halogenated alkanes) is 1. The van der Waals surface area contributed by atoms with Crippen LogP contribution in [0.15, 0.2) is 102 Å². The van der Waals surface area contributed by atoms with Crippen LogP contribution in [0, 0.1) is 18.8 Å². The second-order valence-electron chi connectivity index (χ2n) is 7.64. The fourth-order valence-corrected chi connectivity index (χ4v) is 4.48. The van der Waals surface area contributed by atoms with Crippen molar-refractivity contribution in [3.63, 3.8) is 0 Å². The van der Waals surface area contributed by atoms with Crippen LogP contribution < -0.4 is 0 Å². The number of ketones is 1. The van der Waals surface area contributed by atoms with Gasteiger partial charge in [-0.2, -0.15) is 0 Å². The first-order valence-corrected chi connectivity index (χ1v) is 12.3. The van der Waals surface area contributed by atoms with Gasteiger partial charge in [-0.05, 0) is 37.6 Å². The lowest BCUT2D eigenvalue weighted by molar-refractivity contribution is 0.103. The predicted octanol–water partition coefficient (Wildman–Crippen LogP) is 5.60. The third-order valence-corrected chi connectivity index (χ3v) is 6.80. The van der Waals surface area contributed by atoms with E-state index in [2.05, 4.69) is 11.8 Å². The fourth-order valence-electron chi connectivity index (χ4n) is 3.11. The van der Waals surface area contributed by atoms with Gasteiger partial charge in [0.2, 0.25) is 5.78 Å². The first-order valence-electron chi connectivity index (χ1n) is 10.9. The molecule has 0 bridgehead atoms. The van der Waals surface area contributed by atoms with Gasteiger partial charge in [-0.3, -0.25) is 9.10 Å². The Hall–Kier alpha value is -3.62. The summed E-state index contributed by atoms with van der Waals surface area (Å²) in [6.07, 6.45) is 2.85. The number of Topliss-reactive ketones (excluding diaryl/α,β-unsaturated/α-hetero) is 1. The summed E-state index contributed by atoms with van der Waals surface area (Å²) < 4.78 is 28.1. The number of aryl methyl sites for hydroxylation is 1. The van der Waals surface area contributed by atoms with Crippen LogP contribution in [0.25, 0.3) is 0 Å². The zero-order valence-electron chi connectivity index (χ0n) is 18.9. The van der Waals surface area contributed by atoms with E-state index in [9.17, 15) is 13.2 Å². The second-order valence-corrected chi connectivity index (χ2v) is 9.53. The Morgan fingerprint density at radius 2 is 1.52 bits per heavy atom. The number of hydrogen-bond acceptors (Lipinski definition) is 3. The highest BCUT2D eigenvalue weighted by Crippen LogP contribution is 2.20. The van der Waals surface area contributed by atoms with Crippen molar-refractivity contribution in [2.45, 2.75) is 31.6 Å². The van der Waals surface area contributed by atoms with Crippen molar-refractivity contribution in [2.75, 3.05) is 6.54 Å². The molecule has 0 N–H and O–H groups in total. The Bertz CT molecular complexity index is 1270. The molecule has 0 aromatic heterocycles. The molecule has 0 aliphatic carbocycles. The molecule has 0 atom stereocenters. The Labute approximate surface area is 196 Å². The monoisotopic (exact) mass is 457 g/mol. The van der Waals surface area contributed by atoms with Crippen molar-refractivity contribution in [2.24, 2.45) is 0 Å². The van der Waals surface area contributed by atoms with Crippen LogP contribution in [0.1, 0.15) is 41.3 Å². The van der Waals surface area contributed by atoms with E-state index in [1.807, 2.05) is 50.2 Å². The van der Waals surface area contributed by atoms with E-state index in [0.717, 1.165) is 17.5 Å². The first-order chi connectivity index (χ1) is 15.9. The van der Waals surface area contributed by atoms with E-state index in [4.69, 9.17) is 0 Å². The molecular weight excluding hydrogens is 430 g/mol. The van der Waals surface area contributed by atoms with Crippen LogP contribution in [0.2, 0.25) is 0 Å². The zero-order valence-corrected chi connectivity index (χ0v) is 19.7. The van der Waals surface area contributed by atoms with E-state index in [1.165, 1.54) is 10.5 Å². The molecule has 0 saturated carbocycles. The normalized spacial score (nSPS) is 11.4. The molecule has 3 rings (SSSR count). The van der Waals surface area contributed by atoms with Gasteiger partial charge in [0.05, 0.1) is 10.5 Å². The molecule has 0 fully saturated rings. The van der Waals surface area contributed by atoms with Gasteiger partial charge in [-0.15, -0.1) is 0 Å². The number of carbonyl (C=O) groups is 1. The summed E-state index contributed by atoms with van der Waals surface area (Å²) in [6.45, 7) is 4.15. The average molecular weight is 458 g/mol. The number of hydrogen-bond donors (Lipinski definition) is 0. The van der Waals surface area contributed by atoms with Crippen LogP contribution in [0.4, 0.5) is 0 Å². The van der Waals surface area contributed by atoms with E-state index >= 15 is 0 Å². The fraction of sp³-hybridized carbons (Fsp3) is 0.179. The van der Waals surface area contributed by atoms with Crippen molar-refractivity contribution in [3.05, 3.63) is 113 Å². The SMILES string of the molecule is CCCCN(/C=C(\C#Cc1ccccc1)C(=O)c1ccccc1)S(=O)(=O)c1ccc(C)cc1. The van der Waals surface area contributed by atoms with Crippen molar-refractivity contribution < 1.29 is 13.2 Å². The molecule has 168 valence electrons. The maximum atomic E-state index is 13.4.